The summed E-state index contributed by atoms with van der Waals surface area (Å²) in [5.41, 5.74) is 16.5. The van der Waals surface area contributed by atoms with E-state index in [9.17, 15) is 5.11 Å². The molecule has 0 unspecified atom stereocenters. The zero-order chi connectivity index (χ0) is 30.7. The van der Waals surface area contributed by atoms with Crippen LogP contribution in [-0.4, -0.2) is 27.2 Å². The van der Waals surface area contributed by atoms with Gasteiger partial charge in [-0.1, -0.05) is 61.4 Å². The van der Waals surface area contributed by atoms with Gasteiger partial charge in [-0.2, -0.15) is 0 Å². The number of aliphatic imine (C=N–C) groups is 3. The summed E-state index contributed by atoms with van der Waals surface area (Å²) in [4.78, 5) is 19.2. The highest BCUT2D eigenvalue weighted by atomic mass is 16.2. The van der Waals surface area contributed by atoms with Gasteiger partial charge in [-0.15, -0.1) is 0 Å². The van der Waals surface area contributed by atoms with Crippen LogP contribution in [0.15, 0.2) is 117 Å². The van der Waals surface area contributed by atoms with Crippen molar-refractivity contribution in [3.8, 4) is 0 Å². The Kier molecular flexibility index (Phi) is 6.51. The quantitative estimate of drug-likeness (QED) is 0.293. The number of hydrogen-bond donors (Lipinski definition) is 2. The summed E-state index contributed by atoms with van der Waals surface area (Å²) >= 11 is 0. The maximum atomic E-state index is 10.5. The number of H-pyrrole nitrogens is 1. The first kappa shape index (κ1) is 27.8. The van der Waals surface area contributed by atoms with Crippen LogP contribution in [0, 0.1) is 33.1 Å². The number of nitrogens with one attached hydrogen (secondary N) is 1. The van der Waals surface area contributed by atoms with Crippen LogP contribution in [-0.2, 0) is 0 Å². The van der Waals surface area contributed by atoms with Gasteiger partial charge in [0, 0.05) is 40.1 Å². The van der Waals surface area contributed by atoms with Crippen molar-refractivity contribution in [2.75, 3.05) is 0 Å². The second-order valence-corrected chi connectivity index (χ2v) is 12.8. The molecule has 7 rings (SSSR count). The number of allylic oxidation sites excluding steroid dienone is 7. The van der Waals surface area contributed by atoms with Gasteiger partial charge in [0.1, 0.15) is 0 Å². The number of aliphatic hydroxyl groups excluding tert-OH is 1. The molecule has 2 aromatic carbocycles. The molecule has 4 aliphatic rings. The van der Waals surface area contributed by atoms with E-state index in [1.807, 2.05) is 12.2 Å². The van der Waals surface area contributed by atoms with Crippen molar-refractivity contribution in [3.63, 3.8) is 0 Å². The standard InChI is InChI=1S/C39H36N4O/c1-22-7-9-26(10-8-22)37-30-12-11-27(40-30)19-35-39(5,6)20-34(43-35)28(21-44)29-13-14-32(41-29)38(33-16-15-31(37)42-33)36-24(3)17-23(2)18-25(36)4/h7-19,21,40,44H,20H2,1-6H3/b28-21-,35-19?,37-31?,38-32?. The van der Waals surface area contributed by atoms with Crippen LogP contribution >= 0.6 is 0 Å². The Morgan fingerprint density at radius 1 is 0.750 bits per heavy atom. The predicted molar refractivity (Wildman–Crippen MR) is 183 cm³/mol. The van der Waals surface area contributed by atoms with E-state index in [1.54, 1.807) is 0 Å². The molecule has 3 aromatic rings. The van der Waals surface area contributed by atoms with Crippen molar-refractivity contribution in [1.82, 2.24) is 4.98 Å². The summed E-state index contributed by atoms with van der Waals surface area (Å²) in [5.74, 6) is 0. The summed E-state index contributed by atoms with van der Waals surface area (Å²) in [7, 11) is 0. The lowest BCUT2D eigenvalue weighted by Crippen LogP contribution is -2.15. The molecule has 44 heavy (non-hydrogen) atoms. The molecule has 5 heterocycles. The van der Waals surface area contributed by atoms with E-state index in [-0.39, 0.29) is 5.41 Å². The Labute approximate surface area is 258 Å². The molecule has 8 bridgehead atoms. The molecule has 0 radical (unpaired) electrons. The van der Waals surface area contributed by atoms with Gasteiger partial charge in [0.2, 0.25) is 0 Å². The van der Waals surface area contributed by atoms with Gasteiger partial charge in [-0.3, -0.25) is 4.99 Å². The van der Waals surface area contributed by atoms with Crippen molar-refractivity contribution in [3.05, 3.63) is 147 Å². The Hall–Kier alpha value is -5.03. The number of aromatic amines is 1. The Bertz CT molecular complexity index is 2010. The maximum Gasteiger partial charge on any atom is 0.0904 e. The smallest absolute Gasteiger partial charge is 0.0904 e. The summed E-state index contributed by atoms with van der Waals surface area (Å²) in [5, 5.41) is 10.5. The van der Waals surface area contributed by atoms with Crippen LogP contribution in [0.2, 0.25) is 0 Å². The second-order valence-electron chi connectivity index (χ2n) is 12.8. The summed E-state index contributed by atoms with van der Waals surface area (Å²) in [6, 6.07) is 17.3. The van der Waals surface area contributed by atoms with Crippen LogP contribution < -0.4 is 0 Å². The van der Waals surface area contributed by atoms with E-state index in [2.05, 4.69) is 113 Å². The second kappa shape index (κ2) is 10.3. The molecule has 4 aliphatic heterocycles. The summed E-state index contributed by atoms with van der Waals surface area (Å²) < 4.78 is 0. The van der Waals surface area contributed by atoms with Crippen molar-refractivity contribution in [2.45, 2.75) is 48.0 Å². The maximum absolute atomic E-state index is 10.5. The van der Waals surface area contributed by atoms with Crippen molar-refractivity contribution in [2.24, 2.45) is 20.4 Å². The molecule has 0 saturated carbocycles. The first-order valence-electron chi connectivity index (χ1n) is 15.1. The molecule has 0 atom stereocenters. The molecule has 218 valence electrons. The topological polar surface area (TPSA) is 73.1 Å². The third-order valence-electron chi connectivity index (χ3n) is 8.86. The largest absolute Gasteiger partial charge is 0.515 e. The molecule has 0 amide bonds. The molecule has 5 heteroatoms. The van der Waals surface area contributed by atoms with Crippen LogP contribution in [0.1, 0.15) is 65.0 Å². The summed E-state index contributed by atoms with van der Waals surface area (Å²) in [6.45, 7) is 12.9. The highest BCUT2D eigenvalue weighted by molar-refractivity contribution is 6.35. The number of benzene rings is 2. The third kappa shape index (κ3) is 4.69. The molecular formula is C39H36N4O. The Balaban J connectivity index is 1.55. The Morgan fingerprint density at radius 2 is 1.41 bits per heavy atom. The minimum atomic E-state index is -0.211. The zero-order valence-corrected chi connectivity index (χ0v) is 26.1. The minimum absolute atomic E-state index is 0.211. The fraction of sp³-hybridized carbons (Fsp3) is 0.205. The zero-order valence-electron chi connectivity index (χ0n) is 26.1. The Morgan fingerprint density at radius 3 is 2.11 bits per heavy atom. The van der Waals surface area contributed by atoms with Crippen molar-refractivity contribution < 1.29 is 5.11 Å². The molecule has 0 aliphatic carbocycles. The highest BCUT2D eigenvalue weighted by Crippen LogP contribution is 2.42. The molecule has 0 spiro atoms. The van der Waals surface area contributed by atoms with Crippen LogP contribution in [0.5, 0.6) is 0 Å². The minimum Gasteiger partial charge on any atom is -0.515 e. The van der Waals surface area contributed by atoms with E-state index in [1.165, 1.54) is 22.3 Å². The van der Waals surface area contributed by atoms with E-state index in [4.69, 9.17) is 15.0 Å². The lowest BCUT2D eigenvalue weighted by molar-refractivity contribution is 0.470. The lowest BCUT2D eigenvalue weighted by Gasteiger charge is -2.18. The predicted octanol–water partition coefficient (Wildman–Crippen LogP) is 9.11. The third-order valence-corrected chi connectivity index (χ3v) is 8.86. The number of aryl methyl sites for hydroxylation is 4. The van der Waals surface area contributed by atoms with Crippen LogP contribution in [0.25, 0.3) is 17.2 Å². The van der Waals surface area contributed by atoms with Gasteiger partial charge < -0.3 is 10.1 Å². The molecular weight excluding hydrogens is 540 g/mol. The van der Waals surface area contributed by atoms with E-state index >= 15 is 0 Å². The van der Waals surface area contributed by atoms with E-state index in [0.29, 0.717) is 17.7 Å². The first-order chi connectivity index (χ1) is 21.1. The number of hydrogen-bond acceptors (Lipinski definition) is 4. The van der Waals surface area contributed by atoms with Crippen molar-refractivity contribution in [1.29, 1.82) is 0 Å². The monoisotopic (exact) mass is 576 g/mol. The van der Waals surface area contributed by atoms with Gasteiger partial charge in [-0.25, -0.2) is 9.98 Å². The first-order valence-corrected chi connectivity index (χ1v) is 15.1. The van der Waals surface area contributed by atoms with Gasteiger partial charge in [0.25, 0.3) is 0 Å². The average Bonchev–Trinajstić information content (AvgIpc) is 3.77. The molecule has 0 fully saturated rings. The van der Waals surface area contributed by atoms with Gasteiger partial charge in [-0.05, 0) is 92.5 Å². The van der Waals surface area contributed by atoms with Crippen LogP contribution in [0.4, 0.5) is 0 Å². The molecule has 5 nitrogen and oxygen atoms in total. The SMILES string of the molecule is Cc1ccc(C2=C3C=CC(=N3)C(c3c(C)cc(C)cc3C)=C3C=CC(=N3)/C(=C/O)C3=NC(=Cc4ccc2[nH]4)C(C)(C)C3)cc1. The fourth-order valence-corrected chi connectivity index (χ4v) is 6.72. The van der Waals surface area contributed by atoms with Crippen molar-refractivity contribution >= 4 is 34.4 Å². The molecule has 0 saturated heterocycles. The number of fused-ring (bicyclic) bond motifs is 5. The number of aromatic nitrogens is 1. The molecule has 2 N–H and O–H groups in total. The lowest BCUT2D eigenvalue weighted by atomic mass is 9.84. The normalized spacial score (nSPS) is 19.5. The summed E-state index contributed by atoms with van der Waals surface area (Å²) in [6.07, 6.45) is 12.2. The number of nitrogens with zero attached hydrogens (tertiary/aromatic N) is 3. The number of rotatable bonds is 2. The van der Waals surface area contributed by atoms with Crippen LogP contribution in [0.3, 0.4) is 0 Å². The van der Waals surface area contributed by atoms with Gasteiger partial charge >= 0.3 is 0 Å². The highest BCUT2D eigenvalue weighted by Gasteiger charge is 2.35. The fourth-order valence-electron chi connectivity index (χ4n) is 6.72. The van der Waals surface area contributed by atoms with E-state index < -0.39 is 0 Å². The average molecular weight is 577 g/mol. The van der Waals surface area contributed by atoms with E-state index in [0.717, 1.165) is 68.4 Å². The van der Waals surface area contributed by atoms with Gasteiger partial charge in [0.15, 0.2) is 0 Å². The van der Waals surface area contributed by atoms with Gasteiger partial charge in [0.05, 0.1) is 40.4 Å². The number of aliphatic hydroxyl groups is 1. The molecule has 1 aromatic heterocycles.